The van der Waals surface area contributed by atoms with Crippen LogP contribution in [-0.4, -0.2) is 10.5 Å². The van der Waals surface area contributed by atoms with Gasteiger partial charge < -0.3 is 10.5 Å². The molecule has 0 saturated heterocycles. The molecule has 0 spiro atoms. The summed E-state index contributed by atoms with van der Waals surface area (Å²) in [6, 6.07) is 16.8. The van der Waals surface area contributed by atoms with Gasteiger partial charge >= 0.3 is 0 Å². The van der Waals surface area contributed by atoms with Gasteiger partial charge in [0, 0.05) is 17.3 Å². The quantitative estimate of drug-likeness (QED) is 0.703. The summed E-state index contributed by atoms with van der Waals surface area (Å²) < 4.78 is 7.36. The zero-order valence-corrected chi connectivity index (χ0v) is 14.6. The molecular formula is C20H14ClN3O2. The molecule has 0 saturated carbocycles. The number of carbonyl (C=O) groups excluding carboxylic acids is 1. The maximum atomic E-state index is 12.5. The van der Waals surface area contributed by atoms with Crippen LogP contribution < -0.4 is 10.5 Å². The van der Waals surface area contributed by atoms with Crippen LogP contribution in [0.25, 0.3) is 10.9 Å². The van der Waals surface area contributed by atoms with E-state index < -0.39 is 5.92 Å². The molecule has 4 rings (SSSR count). The highest BCUT2D eigenvalue weighted by molar-refractivity contribution is 6.31. The van der Waals surface area contributed by atoms with Gasteiger partial charge in [-0.15, -0.1) is 0 Å². The van der Waals surface area contributed by atoms with Gasteiger partial charge in [-0.1, -0.05) is 41.9 Å². The summed E-state index contributed by atoms with van der Waals surface area (Å²) in [5.74, 6) is -0.261. The normalized spacial score (nSPS) is 16.1. The van der Waals surface area contributed by atoms with Gasteiger partial charge in [-0.2, -0.15) is 5.26 Å². The Hall–Kier alpha value is -3.23. The Labute approximate surface area is 154 Å². The number of hydrogen-bond donors (Lipinski definition) is 1. The van der Waals surface area contributed by atoms with Crippen molar-refractivity contribution >= 4 is 28.4 Å². The van der Waals surface area contributed by atoms with Crippen molar-refractivity contribution in [2.45, 2.75) is 12.8 Å². The van der Waals surface area contributed by atoms with Crippen LogP contribution in [0.4, 0.5) is 0 Å². The zero-order chi connectivity index (χ0) is 18.4. The second kappa shape index (κ2) is 5.94. The van der Waals surface area contributed by atoms with Gasteiger partial charge in [0.25, 0.3) is 0 Å². The summed E-state index contributed by atoms with van der Waals surface area (Å²) in [6.45, 7) is 1.48. The number of fused-ring (bicyclic) bond motifs is 3. The highest BCUT2D eigenvalue weighted by atomic mass is 35.5. The zero-order valence-electron chi connectivity index (χ0n) is 13.9. The number of nitriles is 1. The largest absolute Gasteiger partial charge is 0.438 e. The van der Waals surface area contributed by atoms with Gasteiger partial charge in [0.2, 0.25) is 11.8 Å². The number of rotatable bonds is 1. The van der Waals surface area contributed by atoms with Gasteiger partial charge in [0.1, 0.15) is 11.6 Å². The first-order chi connectivity index (χ1) is 12.5. The fourth-order valence-corrected chi connectivity index (χ4v) is 3.76. The van der Waals surface area contributed by atoms with Crippen LogP contribution in [0.15, 0.2) is 60.0 Å². The van der Waals surface area contributed by atoms with Crippen LogP contribution in [0.2, 0.25) is 5.02 Å². The molecule has 1 atom stereocenters. The molecule has 1 aromatic heterocycles. The van der Waals surface area contributed by atoms with Gasteiger partial charge in [-0.3, -0.25) is 9.36 Å². The van der Waals surface area contributed by atoms with E-state index in [-0.39, 0.29) is 17.4 Å². The highest BCUT2D eigenvalue weighted by Crippen LogP contribution is 2.48. The highest BCUT2D eigenvalue weighted by Gasteiger charge is 2.37. The minimum Gasteiger partial charge on any atom is -0.438 e. The number of aromatic nitrogens is 1. The number of carbonyl (C=O) groups is 1. The van der Waals surface area contributed by atoms with Crippen LogP contribution in [0.1, 0.15) is 28.9 Å². The first-order valence-corrected chi connectivity index (χ1v) is 8.38. The third kappa shape index (κ3) is 2.20. The summed E-state index contributed by atoms with van der Waals surface area (Å²) in [7, 11) is 0. The molecular weight excluding hydrogens is 350 g/mol. The molecule has 0 bridgehead atoms. The fourth-order valence-electron chi connectivity index (χ4n) is 3.51. The van der Waals surface area contributed by atoms with E-state index in [1.165, 1.54) is 6.92 Å². The number of allylic oxidation sites excluding steroid dienone is 1. The molecule has 2 heterocycles. The first-order valence-electron chi connectivity index (χ1n) is 8.01. The number of para-hydroxylation sites is 1. The molecule has 0 unspecified atom stereocenters. The molecule has 1 aliphatic rings. The van der Waals surface area contributed by atoms with Gasteiger partial charge in [0.15, 0.2) is 5.75 Å². The van der Waals surface area contributed by atoms with Gasteiger partial charge in [-0.05, 0) is 23.8 Å². The second-order valence-corrected chi connectivity index (χ2v) is 6.44. The predicted molar refractivity (Wildman–Crippen MR) is 99.0 cm³/mol. The topological polar surface area (TPSA) is 81.0 Å². The molecule has 2 N–H and O–H groups in total. The standard InChI is InChI=1S/C20H14ClN3O2/c1-11(25)24-16-9-5-3-7-13(16)19-18(24)17(14(10-22)20(23)26-19)12-6-2-4-8-15(12)21/h2-9,17H,23H2,1H3/t17-/m1/s1. The molecule has 0 radical (unpaired) electrons. The lowest BCUT2D eigenvalue weighted by atomic mass is 9.87. The van der Waals surface area contributed by atoms with E-state index in [9.17, 15) is 10.1 Å². The molecule has 2 aromatic carbocycles. The Bertz CT molecular complexity index is 1140. The van der Waals surface area contributed by atoms with Crippen molar-refractivity contribution in [3.05, 3.63) is 76.3 Å². The molecule has 26 heavy (non-hydrogen) atoms. The molecule has 3 aromatic rings. The Balaban J connectivity index is 2.15. The van der Waals surface area contributed by atoms with Crippen molar-refractivity contribution in [3.8, 4) is 11.8 Å². The van der Waals surface area contributed by atoms with Crippen LogP contribution in [0.5, 0.6) is 5.75 Å². The van der Waals surface area contributed by atoms with E-state index >= 15 is 0 Å². The number of nitrogens with zero attached hydrogens (tertiary/aromatic N) is 2. The number of benzene rings is 2. The molecule has 0 fully saturated rings. The molecule has 128 valence electrons. The predicted octanol–water partition coefficient (Wildman–Crippen LogP) is 4.17. The van der Waals surface area contributed by atoms with E-state index in [2.05, 4.69) is 6.07 Å². The minimum atomic E-state index is -0.589. The van der Waals surface area contributed by atoms with E-state index in [1.807, 2.05) is 42.5 Å². The van der Waals surface area contributed by atoms with E-state index in [4.69, 9.17) is 22.1 Å². The molecule has 1 aliphatic heterocycles. The second-order valence-electron chi connectivity index (χ2n) is 6.03. The Morgan fingerprint density at radius 1 is 1.23 bits per heavy atom. The molecule has 5 nitrogen and oxygen atoms in total. The monoisotopic (exact) mass is 363 g/mol. The maximum absolute atomic E-state index is 12.5. The average molecular weight is 364 g/mol. The number of halogens is 1. The molecule has 6 heteroatoms. The van der Waals surface area contributed by atoms with E-state index in [0.717, 1.165) is 5.39 Å². The third-order valence-electron chi connectivity index (χ3n) is 4.55. The fraction of sp³-hybridized carbons (Fsp3) is 0.100. The Morgan fingerprint density at radius 2 is 1.92 bits per heavy atom. The number of ether oxygens (including phenoxy) is 1. The summed E-state index contributed by atoms with van der Waals surface area (Å²) in [5.41, 5.74) is 8.26. The van der Waals surface area contributed by atoms with Crippen LogP contribution in [0.3, 0.4) is 0 Å². The SMILES string of the molecule is CC(=O)n1c2c(c3ccccc31)OC(N)=C(C#N)[C@H]2c1ccccc1Cl. The Kier molecular flexibility index (Phi) is 3.71. The van der Waals surface area contributed by atoms with Crippen LogP contribution in [-0.2, 0) is 0 Å². The lowest BCUT2D eigenvalue weighted by Gasteiger charge is -2.26. The molecule has 0 amide bonds. The van der Waals surface area contributed by atoms with E-state index in [1.54, 1.807) is 10.6 Å². The maximum Gasteiger partial charge on any atom is 0.228 e. The summed E-state index contributed by atoms with van der Waals surface area (Å²) in [5, 5.41) is 11.0. The van der Waals surface area contributed by atoms with Crippen molar-refractivity contribution in [1.29, 1.82) is 5.26 Å². The number of hydrogen-bond acceptors (Lipinski definition) is 4. The lowest BCUT2D eigenvalue weighted by molar-refractivity contribution is 0.0937. The van der Waals surface area contributed by atoms with Crippen molar-refractivity contribution in [2.75, 3.05) is 0 Å². The van der Waals surface area contributed by atoms with Crippen molar-refractivity contribution in [3.63, 3.8) is 0 Å². The van der Waals surface area contributed by atoms with Gasteiger partial charge in [-0.25, -0.2) is 0 Å². The minimum absolute atomic E-state index is 0.0244. The Morgan fingerprint density at radius 3 is 2.62 bits per heavy atom. The third-order valence-corrected chi connectivity index (χ3v) is 4.90. The molecule has 0 aliphatic carbocycles. The number of nitrogens with two attached hydrogens (primary N) is 1. The van der Waals surface area contributed by atoms with Crippen molar-refractivity contribution in [2.24, 2.45) is 5.73 Å². The van der Waals surface area contributed by atoms with Gasteiger partial charge in [0.05, 0.1) is 17.1 Å². The summed E-state index contributed by atoms with van der Waals surface area (Å²) in [4.78, 5) is 12.5. The smallest absolute Gasteiger partial charge is 0.228 e. The summed E-state index contributed by atoms with van der Waals surface area (Å²) in [6.07, 6.45) is 0. The average Bonchev–Trinajstić information content (AvgIpc) is 2.95. The van der Waals surface area contributed by atoms with Crippen molar-refractivity contribution in [1.82, 2.24) is 4.57 Å². The van der Waals surface area contributed by atoms with Crippen molar-refractivity contribution < 1.29 is 9.53 Å². The van der Waals surface area contributed by atoms with Crippen LogP contribution >= 0.6 is 11.6 Å². The first kappa shape index (κ1) is 16.2. The van der Waals surface area contributed by atoms with E-state index in [0.29, 0.717) is 27.5 Å². The summed E-state index contributed by atoms with van der Waals surface area (Å²) >= 11 is 6.42. The van der Waals surface area contributed by atoms with Crippen LogP contribution in [0, 0.1) is 11.3 Å². The lowest BCUT2D eigenvalue weighted by Crippen LogP contribution is -2.24.